The van der Waals surface area contributed by atoms with Gasteiger partial charge in [0.25, 0.3) is 0 Å². The molecule has 1 aromatic carbocycles. The summed E-state index contributed by atoms with van der Waals surface area (Å²) >= 11 is 12.4. The van der Waals surface area contributed by atoms with Gasteiger partial charge < -0.3 is 4.42 Å². The lowest BCUT2D eigenvalue weighted by molar-refractivity contribution is 0.606. The molecule has 2 aromatic heterocycles. The first kappa shape index (κ1) is 14.5. The van der Waals surface area contributed by atoms with E-state index in [1.807, 2.05) is 23.6 Å². The molecule has 0 amide bonds. The van der Waals surface area contributed by atoms with Gasteiger partial charge in [-0.3, -0.25) is 0 Å². The molecule has 0 radical (unpaired) electrons. The summed E-state index contributed by atoms with van der Waals surface area (Å²) in [7, 11) is 0. The Balaban J connectivity index is 2.22. The highest BCUT2D eigenvalue weighted by atomic mass is 35.5. The third kappa shape index (κ3) is 2.56. The minimum Gasteiger partial charge on any atom is -0.444 e. The van der Waals surface area contributed by atoms with Crippen LogP contribution in [0.5, 0.6) is 0 Å². The van der Waals surface area contributed by atoms with Crippen LogP contribution in [0.1, 0.15) is 31.2 Å². The second-order valence-electron chi connectivity index (χ2n) is 5.14. The number of rotatable bonds is 4. The highest BCUT2D eigenvalue weighted by molar-refractivity contribution is 6.36. The number of oxazole rings is 1. The molecule has 0 saturated heterocycles. The molecule has 110 valence electrons. The van der Waals surface area contributed by atoms with E-state index in [0.29, 0.717) is 10.0 Å². The Kier molecular flexibility index (Phi) is 3.96. The number of unbranched alkanes of at least 4 members (excludes halogenated alkanes) is 1. The molecular formula is C16H16Cl2N2O. The Morgan fingerprint density at radius 1 is 1.29 bits per heavy atom. The van der Waals surface area contributed by atoms with Crippen molar-refractivity contribution in [2.45, 2.75) is 33.1 Å². The summed E-state index contributed by atoms with van der Waals surface area (Å²) in [5.74, 6) is 0. The number of halogens is 2. The summed E-state index contributed by atoms with van der Waals surface area (Å²) in [5.41, 5.74) is 4.61. The van der Waals surface area contributed by atoms with Gasteiger partial charge in [-0.25, -0.2) is 4.52 Å². The third-order valence-electron chi connectivity index (χ3n) is 3.56. The smallest absolute Gasteiger partial charge is 0.229 e. The molecule has 0 atom stereocenters. The van der Waals surface area contributed by atoms with E-state index < -0.39 is 0 Å². The lowest BCUT2D eigenvalue weighted by Gasteiger charge is -2.05. The largest absolute Gasteiger partial charge is 0.444 e. The molecular weight excluding hydrogens is 307 g/mol. The number of hydrogen-bond acceptors (Lipinski definition) is 2. The van der Waals surface area contributed by atoms with Crippen molar-refractivity contribution in [3.63, 3.8) is 0 Å². The zero-order valence-corrected chi connectivity index (χ0v) is 13.5. The van der Waals surface area contributed by atoms with Gasteiger partial charge in [-0.1, -0.05) is 42.6 Å². The molecule has 0 saturated carbocycles. The summed E-state index contributed by atoms with van der Waals surface area (Å²) in [6, 6.07) is 5.52. The lowest BCUT2D eigenvalue weighted by atomic mass is 10.0. The molecule has 0 unspecified atom stereocenters. The van der Waals surface area contributed by atoms with Gasteiger partial charge in [-0.05, 0) is 31.9 Å². The first-order valence-electron chi connectivity index (χ1n) is 7.03. The van der Waals surface area contributed by atoms with Crippen molar-refractivity contribution >= 4 is 28.9 Å². The molecule has 0 N–H and O–H groups in total. The van der Waals surface area contributed by atoms with Gasteiger partial charge in [0.1, 0.15) is 6.26 Å². The fourth-order valence-corrected chi connectivity index (χ4v) is 2.97. The van der Waals surface area contributed by atoms with Crippen molar-refractivity contribution in [1.29, 1.82) is 0 Å². The van der Waals surface area contributed by atoms with E-state index in [1.54, 1.807) is 12.3 Å². The minimum atomic E-state index is 0.615. The molecule has 0 aliphatic heterocycles. The highest BCUT2D eigenvalue weighted by Gasteiger charge is 2.20. The first-order valence-corrected chi connectivity index (χ1v) is 7.78. The van der Waals surface area contributed by atoms with Crippen LogP contribution in [0.15, 0.2) is 28.9 Å². The number of hydrogen-bond donors (Lipinski definition) is 0. The van der Waals surface area contributed by atoms with Gasteiger partial charge in [0.05, 0.1) is 22.0 Å². The van der Waals surface area contributed by atoms with Crippen LogP contribution in [0.2, 0.25) is 10.0 Å². The first-order chi connectivity index (χ1) is 10.1. The van der Waals surface area contributed by atoms with Crippen LogP contribution in [0, 0.1) is 6.92 Å². The topological polar surface area (TPSA) is 30.4 Å². The molecule has 5 heteroatoms. The van der Waals surface area contributed by atoms with Gasteiger partial charge in [0, 0.05) is 10.6 Å². The zero-order chi connectivity index (χ0) is 15.0. The van der Waals surface area contributed by atoms with Gasteiger partial charge >= 0.3 is 0 Å². The Hall–Kier alpha value is -1.45. The maximum Gasteiger partial charge on any atom is 0.229 e. The predicted octanol–water partition coefficient (Wildman–Crippen LogP) is 5.55. The van der Waals surface area contributed by atoms with Crippen molar-refractivity contribution in [2.24, 2.45) is 0 Å². The van der Waals surface area contributed by atoms with Crippen LogP contribution in [-0.4, -0.2) is 9.61 Å². The third-order valence-corrected chi connectivity index (χ3v) is 4.11. The maximum atomic E-state index is 6.37. The fraction of sp³-hybridized carbons (Fsp3) is 0.312. The molecule has 21 heavy (non-hydrogen) atoms. The number of fused-ring (bicyclic) bond motifs is 1. The number of benzene rings is 1. The summed E-state index contributed by atoms with van der Waals surface area (Å²) in [6.07, 6.45) is 4.81. The lowest BCUT2D eigenvalue weighted by Crippen LogP contribution is -1.91. The van der Waals surface area contributed by atoms with E-state index in [9.17, 15) is 0 Å². The van der Waals surface area contributed by atoms with E-state index in [0.717, 1.165) is 47.5 Å². The number of aromatic nitrogens is 2. The van der Waals surface area contributed by atoms with Crippen molar-refractivity contribution in [1.82, 2.24) is 9.61 Å². The van der Waals surface area contributed by atoms with E-state index >= 15 is 0 Å². The Labute approximate surface area is 133 Å². The Morgan fingerprint density at radius 2 is 2.10 bits per heavy atom. The molecule has 0 aliphatic carbocycles. The number of aryl methyl sites for hydroxylation is 2. The van der Waals surface area contributed by atoms with E-state index in [2.05, 4.69) is 12.0 Å². The Morgan fingerprint density at radius 3 is 2.81 bits per heavy atom. The van der Waals surface area contributed by atoms with Gasteiger partial charge in [-0.2, -0.15) is 5.10 Å². The van der Waals surface area contributed by atoms with Crippen molar-refractivity contribution in [2.75, 3.05) is 0 Å². The van der Waals surface area contributed by atoms with E-state index in [-0.39, 0.29) is 0 Å². The van der Waals surface area contributed by atoms with Crippen LogP contribution in [0.25, 0.3) is 16.8 Å². The maximum absolute atomic E-state index is 6.37. The SMILES string of the molecule is CCCCc1nn2c(C)coc2c1-c1ccc(Cl)cc1Cl. The monoisotopic (exact) mass is 322 g/mol. The second kappa shape index (κ2) is 5.74. The van der Waals surface area contributed by atoms with Crippen LogP contribution in [-0.2, 0) is 6.42 Å². The normalized spacial score (nSPS) is 11.4. The van der Waals surface area contributed by atoms with Crippen LogP contribution >= 0.6 is 23.2 Å². The molecule has 0 bridgehead atoms. The van der Waals surface area contributed by atoms with Crippen molar-refractivity contribution in [3.05, 3.63) is 45.9 Å². The second-order valence-corrected chi connectivity index (χ2v) is 5.99. The highest BCUT2D eigenvalue weighted by Crippen LogP contribution is 2.36. The van der Waals surface area contributed by atoms with E-state index in [4.69, 9.17) is 27.6 Å². The summed E-state index contributed by atoms with van der Waals surface area (Å²) < 4.78 is 7.53. The molecule has 0 spiro atoms. The van der Waals surface area contributed by atoms with E-state index in [1.165, 1.54) is 0 Å². The van der Waals surface area contributed by atoms with Crippen LogP contribution in [0.4, 0.5) is 0 Å². The van der Waals surface area contributed by atoms with Crippen LogP contribution in [0.3, 0.4) is 0 Å². The number of nitrogens with zero attached hydrogens (tertiary/aromatic N) is 2. The van der Waals surface area contributed by atoms with Crippen LogP contribution < -0.4 is 0 Å². The molecule has 3 aromatic rings. The molecule has 0 aliphatic rings. The standard InChI is InChI=1S/C16H16Cl2N2O/c1-3-4-5-14-15(12-7-6-11(17)8-13(12)18)16-20(19-14)10(2)9-21-16/h6-9H,3-5H2,1-2H3. The molecule has 2 heterocycles. The Bertz CT molecular complexity index is 789. The zero-order valence-electron chi connectivity index (χ0n) is 12.0. The van der Waals surface area contributed by atoms with Gasteiger partial charge in [0.2, 0.25) is 5.71 Å². The fourth-order valence-electron chi connectivity index (χ4n) is 2.47. The van der Waals surface area contributed by atoms with Crippen molar-refractivity contribution < 1.29 is 4.42 Å². The summed E-state index contributed by atoms with van der Waals surface area (Å²) in [6.45, 7) is 4.14. The average molecular weight is 323 g/mol. The predicted molar refractivity (Wildman–Crippen MR) is 86.3 cm³/mol. The summed E-state index contributed by atoms with van der Waals surface area (Å²) in [4.78, 5) is 0. The molecule has 3 nitrogen and oxygen atoms in total. The molecule has 3 rings (SSSR count). The molecule has 0 fully saturated rings. The van der Waals surface area contributed by atoms with Gasteiger partial charge in [0.15, 0.2) is 0 Å². The summed E-state index contributed by atoms with van der Waals surface area (Å²) in [5, 5.41) is 5.92. The minimum absolute atomic E-state index is 0.615. The van der Waals surface area contributed by atoms with Crippen molar-refractivity contribution in [3.8, 4) is 11.1 Å². The van der Waals surface area contributed by atoms with Gasteiger partial charge in [-0.15, -0.1) is 0 Å². The average Bonchev–Trinajstić information content (AvgIpc) is 2.97. The quantitative estimate of drug-likeness (QED) is 0.630.